The maximum Gasteiger partial charge on any atom is 0.306 e. The third-order valence-electron chi connectivity index (χ3n) is 12.4. The number of esters is 2. The number of carbonyl (C=O) groups is 2. The van der Waals surface area contributed by atoms with E-state index in [1.165, 1.54) is 141 Å². The molecular formula is C63H110O5. The Kier molecular flexibility index (Phi) is 55.9. The fraction of sp³-hybridized carbons (Fsp3) is 0.746. The average molecular weight is 948 g/mol. The Hall–Kier alpha value is -2.92. The van der Waals surface area contributed by atoms with E-state index >= 15 is 0 Å². The average Bonchev–Trinajstić information content (AvgIpc) is 3.34. The minimum absolute atomic E-state index is 0.0644. The summed E-state index contributed by atoms with van der Waals surface area (Å²) in [5.74, 6) is -0.422. The summed E-state index contributed by atoms with van der Waals surface area (Å²) in [6.45, 7) is 7.63. The molecule has 0 bridgehead atoms. The highest BCUT2D eigenvalue weighted by atomic mass is 16.6. The molecule has 0 N–H and O–H groups in total. The van der Waals surface area contributed by atoms with Crippen molar-refractivity contribution in [3.8, 4) is 0 Å². The van der Waals surface area contributed by atoms with Gasteiger partial charge in [-0.2, -0.15) is 0 Å². The molecule has 0 saturated carbocycles. The van der Waals surface area contributed by atoms with Gasteiger partial charge in [0.1, 0.15) is 6.61 Å². The number of rotatable bonds is 53. The molecule has 5 nitrogen and oxygen atoms in total. The summed E-state index contributed by atoms with van der Waals surface area (Å²) in [6.07, 6.45) is 77.5. The third-order valence-corrected chi connectivity index (χ3v) is 12.4. The van der Waals surface area contributed by atoms with Crippen LogP contribution >= 0.6 is 0 Å². The van der Waals surface area contributed by atoms with Gasteiger partial charge in [0, 0.05) is 19.4 Å². The summed E-state index contributed by atoms with van der Waals surface area (Å²) >= 11 is 0. The van der Waals surface area contributed by atoms with E-state index in [0.29, 0.717) is 19.4 Å². The van der Waals surface area contributed by atoms with Crippen LogP contribution in [-0.2, 0) is 23.8 Å². The first-order chi connectivity index (χ1) is 33.6. The zero-order chi connectivity index (χ0) is 49.2. The first-order valence-electron chi connectivity index (χ1n) is 29.1. The number of carbonyl (C=O) groups excluding carboxylic acids is 2. The lowest BCUT2D eigenvalue weighted by molar-refractivity contribution is -0.163. The van der Waals surface area contributed by atoms with Gasteiger partial charge in [-0.05, 0) is 96.3 Å². The van der Waals surface area contributed by atoms with Crippen LogP contribution in [0, 0.1) is 0 Å². The second kappa shape index (κ2) is 58.4. The topological polar surface area (TPSA) is 61.8 Å². The lowest BCUT2D eigenvalue weighted by Crippen LogP contribution is -2.30. The fourth-order valence-corrected chi connectivity index (χ4v) is 8.10. The van der Waals surface area contributed by atoms with Crippen molar-refractivity contribution in [2.75, 3.05) is 19.8 Å². The van der Waals surface area contributed by atoms with Crippen molar-refractivity contribution in [3.05, 3.63) is 85.1 Å². The van der Waals surface area contributed by atoms with Crippen molar-refractivity contribution in [3.63, 3.8) is 0 Å². The molecule has 0 saturated heterocycles. The Labute approximate surface area is 422 Å². The predicted octanol–water partition coefficient (Wildman–Crippen LogP) is 20.0. The number of hydrogen-bond acceptors (Lipinski definition) is 5. The molecule has 0 amide bonds. The van der Waals surface area contributed by atoms with Crippen LogP contribution in [0.3, 0.4) is 0 Å². The van der Waals surface area contributed by atoms with Crippen LogP contribution in [0.1, 0.15) is 278 Å². The molecular weight excluding hydrogens is 837 g/mol. The molecule has 1 unspecified atom stereocenters. The SMILES string of the molecule is CC/C=C\C/C=C\C/C=C\C/C=C\CCCCCOCC(COC(=O)CCCCCCCC/C=C\C/C=C\C/C=C\CCCCC)OC(=O)CCCCCCCCCCCCCCCCCCC. The van der Waals surface area contributed by atoms with Crippen molar-refractivity contribution in [1.82, 2.24) is 0 Å². The highest BCUT2D eigenvalue weighted by Crippen LogP contribution is 2.16. The van der Waals surface area contributed by atoms with Crippen LogP contribution in [0.25, 0.3) is 0 Å². The van der Waals surface area contributed by atoms with Crippen LogP contribution in [0.5, 0.6) is 0 Å². The molecule has 0 spiro atoms. The second-order valence-electron chi connectivity index (χ2n) is 19.2. The van der Waals surface area contributed by atoms with Crippen molar-refractivity contribution < 1.29 is 23.8 Å². The lowest BCUT2D eigenvalue weighted by Gasteiger charge is -2.18. The minimum atomic E-state index is -0.561. The number of hydrogen-bond donors (Lipinski definition) is 0. The summed E-state index contributed by atoms with van der Waals surface area (Å²) in [6, 6.07) is 0. The van der Waals surface area contributed by atoms with Gasteiger partial charge in [-0.3, -0.25) is 9.59 Å². The molecule has 5 heteroatoms. The van der Waals surface area contributed by atoms with Gasteiger partial charge in [0.2, 0.25) is 0 Å². The van der Waals surface area contributed by atoms with Gasteiger partial charge < -0.3 is 14.2 Å². The van der Waals surface area contributed by atoms with E-state index in [4.69, 9.17) is 14.2 Å². The van der Waals surface area contributed by atoms with Crippen LogP contribution in [-0.4, -0.2) is 37.9 Å². The molecule has 0 heterocycles. The molecule has 392 valence electrons. The van der Waals surface area contributed by atoms with Gasteiger partial charge in [0.15, 0.2) is 6.10 Å². The zero-order valence-electron chi connectivity index (χ0n) is 45.1. The number of allylic oxidation sites excluding steroid dienone is 14. The van der Waals surface area contributed by atoms with Gasteiger partial charge in [0.05, 0.1) is 6.61 Å². The Balaban J connectivity index is 4.34. The maximum absolute atomic E-state index is 12.9. The Morgan fingerprint density at radius 1 is 0.338 bits per heavy atom. The molecule has 0 rings (SSSR count). The van der Waals surface area contributed by atoms with Crippen LogP contribution < -0.4 is 0 Å². The number of ether oxygens (including phenoxy) is 3. The predicted molar refractivity (Wildman–Crippen MR) is 297 cm³/mol. The van der Waals surface area contributed by atoms with Crippen LogP contribution in [0.15, 0.2) is 85.1 Å². The summed E-state index contributed by atoms with van der Waals surface area (Å²) in [7, 11) is 0. The molecule has 1 atom stereocenters. The van der Waals surface area contributed by atoms with Gasteiger partial charge in [-0.1, -0.05) is 254 Å². The maximum atomic E-state index is 12.9. The summed E-state index contributed by atoms with van der Waals surface area (Å²) in [5, 5.41) is 0. The van der Waals surface area contributed by atoms with Crippen molar-refractivity contribution >= 4 is 11.9 Å². The normalized spacial score (nSPS) is 12.8. The van der Waals surface area contributed by atoms with Gasteiger partial charge in [0.25, 0.3) is 0 Å². The van der Waals surface area contributed by atoms with E-state index < -0.39 is 6.10 Å². The van der Waals surface area contributed by atoms with Crippen molar-refractivity contribution in [2.45, 2.75) is 284 Å². The standard InChI is InChI=1S/C63H110O5/c1-4-7-10-13-16-19-22-25-28-31-32-34-35-38-41-44-47-50-53-56-62(64)67-60-61(59-66-58-55-52-49-46-43-40-37-30-27-24-21-18-15-12-9-6-3)68-63(65)57-54-51-48-45-42-39-36-33-29-26-23-20-17-14-11-8-5-2/h9,12,16,18-19,21,25,27-28,30,32,34,40,43,61H,4-8,10-11,13-15,17,20,22-24,26,29,31,33,35-39,41-42,44-60H2,1-3H3/b12-9-,19-16-,21-18-,28-25-,30-27-,34-32-,43-40-. The first kappa shape index (κ1) is 65.1. The molecule has 0 fully saturated rings. The van der Waals surface area contributed by atoms with Crippen molar-refractivity contribution in [1.29, 1.82) is 0 Å². The molecule has 0 aliphatic rings. The summed E-state index contributed by atoms with van der Waals surface area (Å²) in [4.78, 5) is 25.5. The van der Waals surface area contributed by atoms with E-state index in [1.807, 2.05) is 0 Å². The molecule has 0 aromatic heterocycles. The second-order valence-corrected chi connectivity index (χ2v) is 19.2. The van der Waals surface area contributed by atoms with Gasteiger partial charge in [-0.15, -0.1) is 0 Å². The Morgan fingerprint density at radius 2 is 0.662 bits per heavy atom. The highest BCUT2D eigenvalue weighted by molar-refractivity contribution is 5.70. The molecule has 0 radical (unpaired) electrons. The molecule has 68 heavy (non-hydrogen) atoms. The lowest BCUT2D eigenvalue weighted by atomic mass is 10.0. The quantitative estimate of drug-likeness (QED) is 0.0345. The van der Waals surface area contributed by atoms with E-state index in [-0.39, 0.29) is 25.2 Å². The van der Waals surface area contributed by atoms with E-state index in [2.05, 4.69) is 106 Å². The minimum Gasteiger partial charge on any atom is -0.462 e. The van der Waals surface area contributed by atoms with Crippen LogP contribution in [0.4, 0.5) is 0 Å². The molecule has 0 aromatic rings. The third kappa shape index (κ3) is 55.7. The van der Waals surface area contributed by atoms with E-state index in [9.17, 15) is 9.59 Å². The monoisotopic (exact) mass is 947 g/mol. The summed E-state index contributed by atoms with van der Waals surface area (Å²) < 4.78 is 17.4. The smallest absolute Gasteiger partial charge is 0.306 e. The van der Waals surface area contributed by atoms with E-state index in [1.54, 1.807) is 0 Å². The highest BCUT2D eigenvalue weighted by Gasteiger charge is 2.17. The van der Waals surface area contributed by atoms with Crippen LogP contribution in [0.2, 0.25) is 0 Å². The van der Waals surface area contributed by atoms with Crippen molar-refractivity contribution in [2.24, 2.45) is 0 Å². The Bertz CT molecular complexity index is 1250. The largest absolute Gasteiger partial charge is 0.462 e. The molecule has 0 aromatic carbocycles. The van der Waals surface area contributed by atoms with Gasteiger partial charge >= 0.3 is 11.9 Å². The van der Waals surface area contributed by atoms with Gasteiger partial charge in [-0.25, -0.2) is 0 Å². The summed E-state index contributed by atoms with van der Waals surface area (Å²) in [5.41, 5.74) is 0. The fourth-order valence-electron chi connectivity index (χ4n) is 8.10. The van der Waals surface area contributed by atoms with E-state index in [0.717, 1.165) is 103 Å². The first-order valence-corrected chi connectivity index (χ1v) is 29.1. The zero-order valence-corrected chi connectivity index (χ0v) is 45.1. The molecule has 0 aliphatic carbocycles. The Morgan fingerprint density at radius 3 is 1.09 bits per heavy atom. The number of unbranched alkanes of at least 4 members (excludes halogenated alkanes) is 28. The molecule has 0 aliphatic heterocycles.